The summed E-state index contributed by atoms with van der Waals surface area (Å²) in [5.74, 6) is -0.311. The van der Waals surface area contributed by atoms with E-state index >= 15 is 0 Å². The summed E-state index contributed by atoms with van der Waals surface area (Å²) in [6, 6.07) is -0.739. The van der Waals surface area contributed by atoms with Crippen LogP contribution in [0.3, 0.4) is 0 Å². The number of rotatable bonds is 44. The lowest BCUT2D eigenvalue weighted by Gasteiger charge is -2.21. The fourth-order valence-corrected chi connectivity index (χ4v) is 7.64. The van der Waals surface area contributed by atoms with Crippen LogP contribution in [0, 0.1) is 0 Å². The van der Waals surface area contributed by atoms with Crippen molar-refractivity contribution in [3.8, 4) is 0 Å². The number of hydrogen-bond acceptors (Lipinski definition) is 4. The van der Waals surface area contributed by atoms with Crippen molar-refractivity contribution in [3.05, 3.63) is 12.2 Å². The van der Waals surface area contributed by atoms with Gasteiger partial charge in [0.05, 0.1) is 31.3 Å². The lowest BCUT2D eigenvalue weighted by atomic mass is 10.0. The SMILES string of the molecule is CCCCCCCCCCCCCCCCCCCCCC/C=C/C(O)C(CO)NC(=O)CC(O)CCCCCCCCCCCCCCCCCC. The van der Waals surface area contributed by atoms with E-state index in [2.05, 4.69) is 19.2 Å². The molecule has 0 aromatic carbocycles. The number of aliphatic hydroxyl groups is 3. The maximum Gasteiger partial charge on any atom is 0.222 e. The van der Waals surface area contributed by atoms with E-state index in [1.807, 2.05) is 6.08 Å². The first-order valence-electron chi connectivity index (χ1n) is 24.0. The molecule has 0 aliphatic rings. The maximum absolute atomic E-state index is 12.5. The van der Waals surface area contributed by atoms with E-state index in [1.165, 1.54) is 212 Å². The van der Waals surface area contributed by atoms with Crippen molar-refractivity contribution in [1.29, 1.82) is 0 Å². The molecule has 0 saturated heterocycles. The zero-order valence-corrected chi connectivity index (χ0v) is 35.9. The second-order valence-electron chi connectivity index (χ2n) is 16.7. The molecule has 1 amide bonds. The van der Waals surface area contributed by atoms with Gasteiger partial charge < -0.3 is 20.6 Å². The van der Waals surface area contributed by atoms with Gasteiger partial charge in [-0.05, 0) is 19.3 Å². The zero-order chi connectivity index (χ0) is 38.7. The van der Waals surface area contributed by atoms with E-state index in [9.17, 15) is 20.1 Å². The molecule has 0 spiro atoms. The van der Waals surface area contributed by atoms with Crippen molar-refractivity contribution in [1.82, 2.24) is 5.32 Å². The molecule has 0 aromatic rings. The molecule has 0 heterocycles. The second-order valence-corrected chi connectivity index (χ2v) is 16.7. The number of hydrogen-bond donors (Lipinski definition) is 4. The topological polar surface area (TPSA) is 89.8 Å². The molecule has 0 radical (unpaired) electrons. The van der Waals surface area contributed by atoms with Gasteiger partial charge >= 0.3 is 0 Å². The van der Waals surface area contributed by atoms with Crippen LogP contribution >= 0.6 is 0 Å². The van der Waals surface area contributed by atoms with Gasteiger partial charge in [-0.15, -0.1) is 0 Å². The van der Waals surface area contributed by atoms with Crippen LogP contribution in [0.2, 0.25) is 0 Å². The Kier molecular flexibility index (Phi) is 43.1. The molecule has 3 atom stereocenters. The van der Waals surface area contributed by atoms with Crippen molar-refractivity contribution in [2.45, 2.75) is 283 Å². The molecule has 0 rings (SSSR count). The number of amides is 1. The van der Waals surface area contributed by atoms with Crippen molar-refractivity contribution in [2.75, 3.05) is 6.61 Å². The van der Waals surface area contributed by atoms with E-state index in [0.29, 0.717) is 6.42 Å². The van der Waals surface area contributed by atoms with Crippen molar-refractivity contribution in [3.63, 3.8) is 0 Å². The van der Waals surface area contributed by atoms with Gasteiger partial charge in [-0.3, -0.25) is 4.79 Å². The van der Waals surface area contributed by atoms with E-state index in [-0.39, 0.29) is 18.9 Å². The highest BCUT2D eigenvalue weighted by atomic mass is 16.3. The first kappa shape index (κ1) is 52.1. The molecule has 0 saturated carbocycles. The van der Waals surface area contributed by atoms with Crippen LogP contribution in [-0.4, -0.2) is 46.1 Å². The van der Waals surface area contributed by atoms with Crippen LogP contribution in [0.4, 0.5) is 0 Å². The van der Waals surface area contributed by atoms with Gasteiger partial charge in [0.15, 0.2) is 0 Å². The third-order valence-electron chi connectivity index (χ3n) is 11.3. The number of aliphatic hydroxyl groups excluding tert-OH is 3. The smallest absolute Gasteiger partial charge is 0.222 e. The number of allylic oxidation sites excluding steroid dienone is 1. The first-order chi connectivity index (χ1) is 26.0. The highest BCUT2D eigenvalue weighted by molar-refractivity contribution is 5.76. The van der Waals surface area contributed by atoms with E-state index < -0.39 is 18.2 Å². The second kappa shape index (κ2) is 43.8. The Hall–Kier alpha value is -0.910. The normalized spacial score (nSPS) is 13.5. The van der Waals surface area contributed by atoms with Gasteiger partial charge in [0.2, 0.25) is 5.91 Å². The number of carbonyl (C=O) groups is 1. The lowest BCUT2D eigenvalue weighted by Crippen LogP contribution is -2.45. The molecular weight excluding hydrogens is 655 g/mol. The molecule has 0 fully saturated rings. The number of carbonyl (C=O) groups excluding carboxylic acids is 1. The minimum absolute atomic E-state index is 0.0189. The average Bonchev–Trinajstić information content (AvgIpc) is 3.15. The summed E-state index contributed by atoms with van der Waals surface area (Å²) in [7, 11) is 0. The summed E-state index contributed by atoms with van der Waals surface area (Å²) in [4.78, 5) is 12.5. The summed E-state index contributed by atoms with van der Waals surface area (Å²) < 4.78 is 0. The largest absolute Gasteiger partial charge is 0.394 e. The molecule has 0 bridgehead atoms. The third-order valence-corrected chi connectivity index (χ3v) is 11.3. The van der Waals surface area contributed by atoms with Crippen LogP contribution < -0.4 is 5.32 Å². The van der Waals surface area contributed by atoms with Gasteiger partial charge in [-0.1, -0.05) is 251 Å². The minimum atomic E-state index is -0.925. The summed E-state index contributed by atoms with van der Waals surface area (Å²) in [5.41, 5.74) is 0. The van der Waals surface area contributed by atoms with Crippen LogP contribution in [-0.2, 0) is 4.79 Å². The quantitative estimate of drug-likeness (QED) is 0.0369. The lowest BCUT2D eigenvalue weighted by molar-refractivity contribution is -0.124. The fraction of sp³-hybridized carbons (Fsp3) is 0.938. The molecule has 5 nitrogen and oxygen atoms in total. The van der Waals surface area contributed by atoms with E-state index in [0.717, 1.165) is 25.7 Å². The number of nitrogens with one attached hydrogen (secondary N) is 1. The van der Waals surface area contributed by atoms with Crippen molar-refractivity contribution < 1.29 is 20.1 Å². The Labute approximate surface area is 331 Å². The fourth-order valence-electron chi connectivity index (χ4n) is 7.64. The molecule has 316 valence electrons. The Morgan fingerprint density at radius 1 is 0.472 bits per heavy atom. The zero-order valence-electron chi connectivity index (χ0n) is 35.9. The molecular formula is C48H95NO4. The molecule has 0 aliphatic heterocycles. The summed E-state index contributed by atoms with van der Waals surface area (Å²) in [5, 5.41) is 33.3. The molecule has 0 aromatic heterocycles. The Morgan fingerprint density at radius 2 is 0.774 bits per heavy atom. The maximum atomic E-state index is 12.5. The minimum Gasteiger partial charge on any atom is -0.394 e. The third kappa shape index (κ3) is 40.6. The van der Waals surface area contributed by atoms with Gasteiger partial charge in [0.1, 0.15) is 0 Å². The Balaban J connectivity index is 3.60. The Bertz CT molecular complexity index is 743. The van der Waals surface area contributed by atoms with Crippen LogP contribution in [0.5, 0.6) is 0 Å². The highest BCUT2D eigenvalue weighted by Gasteiger charge is 2.20. The van der Waals surface area contributed by atoms with Crippen molar-refractivity contribution >= 4 is 5.91 Å². The van der Waals surface area contributed by atoms with E-state index in [4.69, 9.17) is 0 Å². The van der Waals surface area contributed by atoms with Gasteiger partial charge in [-0.25, -0.2) is 0 Å². The summed E-state index contributed by atoms with van der Waals surface area (Å²) in [6.07, 6.45) is 52.2. The standard InChI is InChI=1S/C48H95NO4/c1-3-5-7-9-11-13-15-17-19-21-22-23-24-25-26-28-30-32-34-36-38-40-42-47(52)46(44-50)49-48(53)43-45(51)41-39-37-35-33-31-29-27-20-18-16-14-12-10-8-6-4-2/h40,42,45-47,50-52H,3-39,41,43-44H2,1-2H3,(H,49,53)/b42-40+. The average molecular weight is 750 g/mol. The monoisotopic (exact) mass is 750 g/mol. The molecule has 53 heavy (non-hydrogen) atoms. The van der Waals surface area contributed by atoms with Gasteiger partial charge in [0.25, 0.3) is 0 Å². The summed E-state index contributed by atoms with van der Waals surface area (Å²) >= 11 is 0. The van der Waals surface area contributed by atoms with Crippen LogP contribution in [0.25, 0.3) is 0 Å². The predicted octanol–water partition coefficient (Wildman–Crippen LogP) is 14.0. The Morgan fingerprint density at radius 3 is 1.09 bits per heavy atom. The van der Waals surface area contributed by atoms with E-state index in [1.54, 1.807) is 6.08 Å². The number of unbranched alkanes of at least 4 members (excludes halogenated alkanes) is 35. The van der Waals surface area contributed by atoms with Crippen LogP contribution in [0.15, 0.2) is 12.2 Å². The molecule has 0 aliphatic carbocycles. The van der Waals surface area contributed by atoms with Crippen LogP contribution in [0.1, 0.15) is 264 Å². The van der Waals surface area contributed by atoms with Gasteiger partial charge in [0, 0.05) is 0 Å². The molecule has 4 N–H and O–H groups in total. The molecule has 3 unspecified atom stereocenters. The highest BCUT2D eigenvalue weighted by Crippen LogP contribution is 2.17. The summed E-state index contributed by atoms with van der Waals surface area (Å²) in [6.45, 7) is 4.24. The molecule has 5 heteroatoms. The van der Waals surface area contributed by atoms with Gasteiger partial charge in [-0.2, -0.15) is 0 Å². The van der Waals surface area contributed by atoms with Crippen molar-refractivity contribution in [2.24, 2.45) is 0 Å². The first-order valence-corrected chi connectivity index (χ1v) is 24.0. The predicted molar refractivity (Wildman–Crippen MR) is 232 cm³/mol.